The van der Waals surface area contributed by atoms with Gasteiger partial charge in [-0.2, -0.15) is 0 Å². The molecule has 1 atom stereocenters. The van der Waals surface area contributed by atoms with Crippen LogP contribution in [0.1, 0.15) is 37.9 Å². The SMILES string of the molecule is Cc1ccc(-n2c(=O)n(CC(C)C)c(=O)c3c2ncn3[C@H](C)c2ccccc2)cc1. The van der Waals surface area contributed by atoms with Gasteiger partial charge in [0.25, 0.3) is 5.56 Å². The summed E-state index contributed by atoms with van der Waals surface area (Å²) in [6.07, 6.45) is 1.66. The Bertz CT molecular complexity index is 1300. The van der Waals surface area contributed by atoms with Crippen molar-refractivity contribution in [1.29, 1.82) is 0 Å². The lowest BCUT2D eigenvalue weighted by atomic mass is 10.1. The first-order chi connectivity index (χ1) is 14.4. The zero-order valence-electron chi connectivity index (χ0n) is 17.7. The zero-order valence-corrected chi connectivity index (χ0v) is 17.7. The standard InChI is InChI=1S/C24H26N4O2/c1-16(2)14-26-23(29)21-22(28(24(26)30)20-12-10-17(3)11-13-20)25-15-27(21)18(4)19-8-6-5-7-9-19/h5-13,15-16,18H,14H2,1-4H3/t18-/m1/s1. The topological polar surface area (TPSA) is 61.8 Å². The van der Waals surface area contributed by atoms with E-state index in [1.54, 1.807) is 10.9 Å². The molecular weight excluding hydrogens is 376 g/mol. The maximum atomic E-state index is 13.4. The maximum Gasteiger partial charge on any atom is 0.337 e. The third-order valence-electron chi connectivity index (χ3n) is 5.40. The van der Waals surface area contributed by atoms with E-state index in [-0.39, 0.29) is 23.2 Å². The van der Waals surface area contributed by atoms with Crippen molar-refractivity contribution in [2.45, 2.75) is 40.3 Å². The van der Waals surface area contributed by atoms with Crippen molar-refractivity contribution >= 4 is 11.2 Å². The number of nitrogens with zero attached hydrogens (tertiary/aromatic N) is 4. The molecule has 0 spiro atoms. The lowest BCUT2D eigenvalue weighted by Gasteiger charge is -2.17. The van der Waals surface area contributed by atoms with Crippen molar-refractivity contribution in [2.75, 3.05) is 0 Å². The van der Waals surface area contributed by atoms with E-state index in [9.17, 15) is 9.59 Å². The van der Waals surface area contributed by atoms with Crippen molar-refractivity contribution in [1.82, 2.24) is 18.7 Å². The first kappa shape index (κ1) is 19.9. The van der Waals surface area contributed by atoms with Crippen molar-refractivity contribution in [2.24, 2.45) is 5.92 Å². The van der Waals surface area contributed by atoms with Gasteiger partial charge in [-0.25, -0.2) is 14.3 Å². The molecule has 2 aromatic heterocycles. The van der Waals surface area contributed by atoms with Crippen LogP contribution in [0.2, 0.25) is 0 Å². The number of fused-ring (bicyclic) bond motifs is 1. The summed E-state index contributed by atoms with van der Waals surface area (Å²) in [5.41, 5.74) is 3.03. The molecule has 2 heterocycles. The minimum atomic E-state index is -0.359. The monoisotopic (exact) mass is 402 g/mol. The van der Waals surface area contributed by atoms with Crippen LogP contribution in [-0.4, -0.2) is 18.7 Å². The van der Waals surface area contributed by atoms with E-state index in [2.05, 4.69) is 4.98 Å². The second kappa shape index (κ2) is 7.78. The van der Waals surface area contributed by atoms with Crippen LogP contribution in [0, 0.1) is 12.8 Å². The predicted octanol–water partition coefficient (Wildman–Crippen LogP) is 3.92. The van der Waals surface area contributed by atoms with E-state index in [1.807, 2.05) is 86.9 Å². The molecule has 0 amide bonds. The average Bonchev–Trinajstić information content (AvgIpc) is 3.17. The van der Waals surface area contributed by atoms with Crippen LogP contribution in [0.3, 0.4) is 0 Å². The number of benzene rings is 2. The van der Waals surface area contributed by atoms with Gasteiger partial charge in [0.15, 0.2) is 11.2 Å². The fourth-order valence-electron chi connectivity index (χ4n) is 3.79. The molecule has 30 heavy (non-hydrogen) atoms. The van der Waals surface area contributed by atoms with Crippen LogP contribution in [0.4, 0.5) is 0 Å². The molecule has 0 saturated carbocycles. The summed E-state index contributed by atoms with van der Waals surface area (Å²) < 4.78 is 4.75. The summed E-state index contributed by atoms with van der Waals surface area (Å²) in [6.45, 7) is 8.37. The maximum absolute atomic E-state index is 13.4. The van der Waals surface area contributed by atoms with Crippen molar-refractivity contribution in [3.05, 3.63) is 92.9 Å². The van der Waals surface area contributed by atoms with Crippen LogP contribution in [0.5, 0.6) is 0 Å². The molecule has 154 valence electrons. The van der Waals surface area contributed by atoms with E-state index in [1.165, 1.54) is 4.57 Å². The predicted molar refractivity (Wildman–Crippen MR) is 119 cm³/mol. The van der Waals surface area contributed by atoms with Gasteiger partial charge in [-0.15, -0.1) is 0 Å². The molecule has 0 aliphatic rings. The van der Waals surface area contributed by atoms with E-state index in [4.69, 9.17) is 0 Å². The van der Waals surface area contributed by atoms with Crippen LogP contribution < -0.4 is 11.2 Å². The number of hydrogen-bond donors (Lipinski definition) is 0. The summed E-state index contributed by atoms with van der Waals surface area (Å²) in [5.74, 6) is 0.155. The molecule has 6 nitrogen and oxygen atoms in total. The Morgan fingerprint density at radius 1 is 0.933 bits per heavy atom. The highest BCUT2D eigenvalue weighted by molar-refractivity contribution is 5.73. The molecule has 0 fully saturated rings. The fourth-order valence-corrected chi connectivity index (χ4v) is 3.79. The van der Waals surface area contributed by atoms with Gasteiger partial charge in [-0.05, 0) is 37.5 Å². The van der Waals surface area contributed by atoms with Crippen LogP contribution in [-0.2, 0) is 6.54 Å². The first-order valence-corrected chi connectivity index (χ1v) is 10.2. The Balaban J connectivity index is 2.04. The summed E-state index contributed by atoms with van der Waals surface area (Å²) in [4.78, 5) is 31.3. The molecule has 0 aliphatic carbocycles. The van der Waals surface area contributed by atoms with Crippen LogP contribution in [0.15, 0.2) is 70.5 Å². The van der Waals surface area contributed by atoms with Crippen LogP contribution in [0.25, 0.3) is 16.9 Å². The second-order valence-electron chi connectivity index (χ2n) is 8.17. The molecule has 2 aromatic carbocycles. The summed E-state index contributed by atoms with van der Waals surface area (Å²) >= 11 is 0. The van der Waals surface area contributed by atoms with Gasteiger partial charge in [0.05, 0.1) is 18.1 Å². The van der Waals surface area contributed by atoms with E-state index in [0.29, 0.717) is 23.4 Å². The van der Waals surface area contributed by atoms with Gasteiger partial charge in [-0.3, -0.25) is 9.36 Å². The zero-order chi connectivity index (χ0) is 21.4. The second-order valence-corrected chi connectivity index (χ2v) is 8.17. The minimum Gasteiger partial charge on any atom is -0.317 e. The molecule has 6 heteroatoms. The Kier molecular flexibility index (Phi) is 5.16. The Morgan fingerprint density at radius 3 is 2.23 bits per heavy atom. The van der Waals surface area contributed by atoms with Gasteiger partial charge in [-0.1, -0.05) is 61.9 Å². The Hall–Kier alpha value is -3.41. The van der Waals surface area contributed by atoms with Gasteiger partial charge in [0, 0.05) is 6.54 Å². The van der Waals surface area contributed by atoms with Crippen molar-refractivity contribution < 1.29 is 0 Å². The number of aromatic nitrogens is 4. The third kappa shape index (κ3) is 3.38. The lowest BCUT2D eigenvalue weighted by Crippen LogP contribution is -2.41. The number of aryl methyl sites for hydroxylation is 1. The van der Waals surface area contributed by atoms with Crippen LogP contribution >= 0.6 is 0 Å². The molecule has 0 N–H and O–H groups in total. The highest BCUT2D eigenvalue weighted by atomic mass is 16.2. The normalized spacial score (nSPS) is 12.6. The molecule has 0 unspecified atom stereocenters. The smallest absolute Gasteiger partial charge is 0.317 e. The first-order valence-electron chi connectivity index (χ1n) is 10.2. The largest absolute Gasteiger partial charge is 0.337 e. The molecule has 4 rings (SSSR count). The molecule has 0 saturated heterocycles. The van der Waals surface area contributed by atoms with Gasteiger partial charge < -0.3 is 4.57 Å². The third-order valence-corrected chi connectivity index (χ3v) is 5.40. The molecule has 0 aliphatic heterocycles. The summed E-state index contributed by atoms with van der Waals surface area (Å²) in [5, 5.41) is 0. The van der Waals surface area contributed by atoms with Gasteiger partial charge >= 0.3 is 5.69 Å². The lowest BCUT2D eigenvalue weighted by molar-refractivity contribution is 0.488. The summed E-state index contributed by atoms with van der Waals surface area (Å²) in [6, 6.07) is 17.6. The minimum absolute atomic E-state index is 0.0969. The number of imidazole rings is 1. The molecule has 0 radical (unpaired) electrons. The van der Waals surface area contributed by atoms with Crippen molar-refractivity contribution in [3.63, 3.8) is 0 Å². The number of hydrogen-bond acceptors (Lipinski definition) is 3. The molecule has 0 bridgehead atoms. The van der Waals surface area contributed by atoms with E-state index >= 15 is 0 Å². The van der Waals surface area contributed by atoms with Crippen molar-refractivity contribution in [3.8, 4) is 5.69 Å². The highest BCUT2D eigenvalue weighted by Gasteiger charge is 2.22. The van der Waals surface area contributed by atoms with E-state index < -0.39 is 0 Å². The Morgan fingerprint density at radius 2 is 1.60 bits per heavy atom. The number of rotatable bonds is 5. The summed E-state index contributed by atoms with van der Waals surface area (Å²) in [7, 11) is 0. The molecular formula is C24H26N4O2. The van der Waals surface area contributed by atoms with Gasteiger partial charge in [0.1, 0.15) is 0 Å². The Labute approximate surface area is 175 Å². The fraction of sp³-hybridized carbons (Fsp3) is 0.292. The molecule has 4 aromatic rings. The average molecular weight is 402 g/mol. The highest BCUT2D eigenvalue weighted by Crippen LogP contribution is 2.22. The van der Waals surface area contributed by atoms with Gasteiger partial charge in [0.2, 0.25) is 0 Å². The quantitative estimate of drug-likeness (QED) is 0.508. The van der Waals surface area contributed by atoms with E-state index in [0.717, 1.165) is 11.1 Å².